The van der Waals surface area contributed by atoms with E-state index in [2.05, 4.69) is 4.72 Å². The van der Waals surface area contributed by atoms with Crippen molar-refractivity contribution in [2.45, 2.75) is 18.2 Å². The Morgan fingerprint density at radius 1 is 1.44 bits per heavy atom. The van der Waals surface area contributed by atoms with Gasteiger partial charge in [-0.3, -0.25) is 0 Å². The third-order valence-corrected chi connectivity index (χ3v) is 3.89. The number of nitrogens with one attached hydrogen (secondary N) is 1. The van der Waals surface area contributed by atoms with Crippen LogP contribution < -0.4 is 9.46 Å². The molecular formula is C11H16ClNO4S. The summed E-state index contributed by atoms with van der Waals surface area (Å²) in [6.07, 6.45) is 0.365. The summed E-state index contributed by atoms with van der Waals surface area (Å²) in [6.45, 7) is 2.40. The van der Waals surface area contributed by atoms with Crippen molar-refractivity contribution in [3.63, 3.8) is 0 Å². The van der Waals surface area contributed by atoms with E-state index >= 15 is 0 Å². The van der Waals surface area contributed by atoms with Gasteiger partial charge in [0.15, 0.2) is 0 Å². The van der Waals surface area contributed by atoms with E-state index < -0.39 is 10.0 Å². The fourth-order valence-electron chi connectivity index (χ4n) is 1.29. The minimum absolute atomic E-state index is 0.0629. The van der Waals surface area contributed by atoms with E-state index in [1.54, 1.807) is 0 Å². The Morgan fingerprint density at radius 2 is 2.17 bits per heavy atom. The molecule has 0 saturated heterocycles. The highest BCUT2D eigenvalue weighted by Crippen LogP contribution is 2.27. The number of aliphatic hydroxyl groups is 1. The number of ether oxygens (including phenoxy) is 1. The van der Waals surface area contributed by atoms with Crippen LogP contribution in [0, 0.1) is 0 Å². The molecule has 0 atom stereocenters. The van der Waals surface area contributed by atoms with Crippen LogP contribution in [0.15, 0.2) is 23.1 Å². The van der Waals surface area contributed by atoms with Gasteiger partial charge in [-0.25, -0.2) is 13.1 Å². The summed E-state index contributed by atoms with van der Waals surface area (Å²) in [5.74, 6) is 0.452. The van der Waals surface area contributed by atoms with E-state index in [1.165, 1.54) is 18.2 Å². The van der Waals surface area contributed by atoms with Gasteiger partial charge in [0.05, 0.1) is 16.5 Å². The fourth-order valence-corrected chi connectivity index (χ4v) is 2.69. The van der Waals surface area contributed by atoms with Gasteiger partial charge in [-0.1, -0.05) is 11.6 Å². The monoisotopic (exact) mass is 293 g/mol. The van der Waals surface area contributed by atoms with Gasteiger partial charge >= 0.3 is 0 Å². The lowest BCUT2D eigenvalue weighted by Crippen LogP contribution is -2.25. The van der Waals surface area contributed by atoms with Crippen LogP contribution in [0.2, 0.25) is 5.02 Å². The summed E-state index contributed by atoms with van der Waals surface area (Å²) < 4.78 is 31.3. The van der Waals surface area contributed by atoms with Gasteiger partial charge in [-0.05, 0) is 31.5 Å². The van der Waals surface area contributed by atoms with Gasteiger partial charge in [0.25, 0.3) is 0 Å². The first-order valence-electron chi connectivity index (χ1n) is 5.54. The first-order valence-corrected chi connectivity index (χ1v) is 7.40. The molecule has 0 aromatic heterocycles. The van der Waals surface area contributed by atoms with Gasteiger partial charge in [0, 0.05) is 13.2 Å². The van der Waals surface area contributed by atoms with Crippen LogP contribution in [0.5, 0.6) is 5.75 Å². The van der Waals surface area contributed by atoms with Crippen LogP contribution in [0.4, 0.5) is 0 Å². The number of aliphatic hydroxyl groups excluding tert-OH is 1. The van der Waals surface area contributed by atoms with E-state index in [1.807, 2.05) is 6.92 Å². The standard InChI is InChI=1S/C11H16ClNO4S/c1-2-17-11-5-4-9(8-10(11)12)18(15,16)13-6-3-7-14/h4-5,8,13-14H,2-3,6-7H2,1H3. The zero-order valence-electron chi connectivity index (χ0n) is 10.0. The third-order valence-electron chi connectivity index (χ3n) is 2.14. The summed E-state index contributed by atoms with van der Waals surface area (Å²) in [7, 11) is -3.59. The van der Waals surface area contributed by atoms with Crippen LogP contribution >= 0.6 is 11.6 Å². The first kappa shape index (κ1) is 15.2. The number of benzene rings is 1. The minimum Gasteiger partial charge on any atom is -0.492 e. The minimum atomic E-state index is -3.59. The third kappa shape index (κ3) is 4.13. The zero-order chi connectivity index (χ0) is 13.6. The molecule has 0 spiro atoms. The first-order chi connectivity index (χ1) is 8.51. The summed E-state index contributed by atoms with van der Waals surface area (Å²) in [5, 5.41) is 8.85. The maximum atomic E-state index is 11.8. The van der Waals surface area contributed by atoms with Crippen LogP contribution in [-0.2, 0) is 10.0 Å². The molecule has 1 aromatic carbocycles. The van der Waals surface area contributed by atoms with E-state index in [0.29, 0.717) is 18.8 Å². The van der Waals surface area contributed by atoms with Crippen molar-refractivity contribution in [1.82, 2.24) is 4.72 Å². The number of hydrogen-bond donors (Lipinski definition) is 2. The van der Waals surface area contributed by atoms with Crippen molar-refractivity contribution in [3.05, 3.63) is 23.2 Å². The number of hydrogen-bond acceptors (Lipinski definition) is 4. The molecule has 0 unspecified atom stereocenters. The van der Waals surface area contributed by atoms with E-state index in [9.17, 15) is 8.42 Å². The zero-order valence-corrected chi connectivity index (χ0v) is 11.6. The van der Waals surface area contributed by atoms with Crippen LogP contribution in [0.25, 0.3) is 0 Å². The Kier molecular flexibility index (Phi) is 5.87. The van der Waals surface area contributed by atoms with Crippen molar-refractivity contribution in [2.75, 3.05) is 19.8 Å². The average molecular weight is 294 g/mol. The summed E-state index contributed by atoms with van der Waals surface area (Å²) in [5.41, 5.74) is 0. The molecule has 0 saturated carbocycles. The highest BCUT2D eigenvalue weighted by Gasteiger charge is 2.15. The highest BCUT2D eigenvalue weighted by atomic mass is 35.5. The van der Waals surface area contributed by atoms with Gasteiger partial charge in [-0.2, -0.15) is 0 Å². The largest absolute Gasteiger partial charge is 0.492 e. The second kappa shape index (κ2) is 6.94. The Balaban J connectivity index is 2.86. The Labute approximate surface area is 112 Å². The van der Waals surface area contributed by atoms with Crippen molar-refractivity contribution >= 4 is 21.6 Å². The summed E-state index contributed by atoms with van der Waals surface area (Å²) in [6, 6.07) is 4.29. The Hall–Kier alpha value is -0.820. The second-order valence-electron chi connectivity index (χ2n) is 3.50. The molecule has 0 bridgehead atoms. The van der Waals surface area contributed by atoms with Crippen molar-refractivity contribution in [3.8, 4) is 5.75 Å². The predicted octanol–water partition coefficient (Wildman–Crippen LogP) is 1.40. The molecule has 0 aliphatic carbocycles. The molecule has 0 heterocycles. The molecule has 7 heteroatoms. The lowest BCUT2D eigenvalue weighted by Gasteiger charge is -2.09. The molecule has 102 valence electrons. The fraction of sp³-hybridized carbons (Fsp3) is 0.455. The van der Waals surface area contributed by atoms with E-state index in [0.717, 1.165) is 0 Å². The molecule has 0 radical (unpaired) electrons. The summed E-state index contributed by atoms with van der Waals surface area (Å²) in [4.78, 5) is 0.0777. The molecule has 2 N–H and O–H groups in total. The van der Waals surface area contributed by atoms with Crippen molar-refractivity contribution < 1.29 is 18.3 Å². The lowest BCUT2D eigenvalue weighted by molar-refractivity contribution is 0.289. The second-order valence-corrected chi connectivity index (χ2v) is 5.67. The maximum Gasteiger partial charge on any atom is 0.240 e. The van der Waals surface area contributed by atoms with Crippen molar-refractivity contribution in [2.24, 2.45) is 0 Å². The van der Waals surface area contributed by atoms with Crippen LogP contribution in [0.1, 0.15) is 13.3 Å². The Morgan fingerprint density at radius 3 is 2.72 bits per heavy atom. The maximum absolute atomic E-state index is 11.8. The molecule has 1 rings (SSSR count). The van der Waals surface area contributed by atoms with Gasteiger partial charge < -0.3 is 9.84 Å². The lowest BCUT2D eigenvalue weighted by atomic mass is 10.3. The summed E-state index contributed by atoms with van der Waals surface area (Å²) >= 11 is 5.92. The Bertz CT molecular complexity index is 490. The van der Waals surface area contributed by atoms with E-state index in [-0.39, 0.29) is 23.1 Å². The topological polar surface area (TPSA) is 75.6 Å². The van der Waals surface area contributed by atoms with E-state index in [4.69, 9.17) is 21.4 Å². The number of halogens is 1. The molecule has 5 nitrogen and oxygen atoms in total. The quantitative estimate of drug-likeness (QED) is 0.745. The van der Waals surface area contributed by atoms with Crippen molar-refractivity contribution in [1.29, 1.82) is 0 Å². The van der Waals surface area contributed by atoms with Crippen LogP contribution in [0.3, 0.4) is 0 Å². The van der Waals surface area contributed by atoms with Crippen LogP contribution in [-0.4, -0.2) is 33.3 Å². The molecule has 0 amide bonds. The average Bonchev–Trinajstić information content (AvgIpc) is 2.32. The number of sulfonamides is 1. The molecular weight excluding hydrogens is 278 g/mol. The van der Waals surface area contributed by atoms with Gasteiger partial charge in [-0.15, -0.1) is 0 Å². The molecule has 18 heavy (non-hydrogen) atoms. The molecule has 0 aliphatic heterocycles. The molecule has 0 aliphatic rings. The molecule has 1 aromatic rings. The van der Waals surface area contributed by atoms with Gasteiger partial charge in [0.1, 0.15) is 5.75 Å². The highest BCUT2D eigenvalue weighted by molar-refractivity contribution is 7.89. The SMILES string of the molecule is CCOc1ccc(S(=O)(=O)NCCCO)cc1Cl. The normalized spacial score (nSPS) is 11.5. The molecule has 0 fully saturated rings. The smallest absolute Gasteiger partial charge is 0.240 e. The van der Waals surface area contributed by atoms with Gasteiger partial charge in [0.2, 0.25) is 10.0 Å². The predicted molar refractivity (Wildman–Crippen MR) is 69.5 cm³/mol. The number of rotatable bonds is 7.